The minimum atomic E-state index is -0.465. The number of amides is 1. The van der Waals surface area contributed by atoms with Crippen molar-refractivity contribution in [2.45, 2.75) is 6.92 Å². The van der Waals surface area contributed by atoms with Gasteiger partial charge >= 0.3 is 0 Å². The number of aryl methyl sites for hydroxylation is 1. The van der Waals surface area contributed by atoms with E-state index in [9.17, 15) is 9.18 Å². The molecule has 92 valence electrons. The van der Waals surface area contributed by atoms with Gasteiger partial charge in [-0.05, 0) is 24.6 Å². The van der Waals surface area contributed by atoms with Crippen LogP contribution in [-0.4, -0.2) is 15.9 Å². The van der Waals surface area contributed by atoms with Crippen molar-refractivity contribution in [1.29, 1.82) is 0 Å². The molecule has 0 unspecified atom stereocenters. The quantitative estimate of drug-likeness (QED) is 0.908. The highest BCUT2D eigenvalue weighted by Crippen LogP contribution is 2.16. The Labute approximate surface area is 108 Å². The number of hydrogen-bond donors (Lipinski definition) is 1. The van der Waals surface area contributed by atoms with Gasteiger partial charge in [0.25, 0.3) is 5.91 Å². The van der Waals surface area contributed by atoms with Crippen molar-refractivity contribution in [2.75, 3.05) is 5.32 Å². The number of halogens is 2. The third kappa shape index (κ3) is 2.81. The second kappa shape index (κ2) is 5.10. The number of benzene rings is 1. The average Bonchev–Trinajstić information content (AvgIpc) is 2.34. The molecule has 0 aliphatic heterocycles. The molecule has 0 fully saturated rings. The maximum absolute atomic E-state index is 13.1. The number of carbonyl (C=O) groups excluding carboxylic acids is 1. The average molecular weight is 266 g/mol. The van der Waals surface area contributed by atoms with Crippen LogP contribution in [0.25, 0.3) is 0 Å². The molecule has 6 heteroatoms. The fraction of sp³-hybridized carbons (Fsp3) is 0.0833. The maximum atomic E-state index is 13.1. The van der Waals surface area contributed by atoms with Crippen LogP contribution in [0.3, 0.4) is 0 Å². The van der Waals surface area contributed by atoms with Gasteiger partial charge in [-0.25, -0.2) is 14.4 Å². The number of aromatic nitrogens is 2. The van der Waals surface area contributed by atoms with E-state index in [-0.39, 0.29) is 10.8 Å². The highest BCUT2D eigenvalue weighted by molar-refractivity contribution is 6.29. The smallest absolute Gasteiger partial charge is 0.275 e. The van der Waals surface area contributed by atoms with Crippen LogP contribution in [-0.2, 0) is 0 Å². The van der Waals surface area contributed by atoms with Crippen LogP contribution in [0.15, 0.2) is 30.6 Å². The molecule has 4 nitrogen and oxygen atoms in total. The molecule has 2 aromatic rings. The van der Waals surface area contributed by atoms with Gasteiger partial charge in [0.15, 0.2) is 0 Å². The monoisotopic (exact) mass is 265 g/mol. The Balaban J connectivity index is 2.21. The zero-order chi connectivity index (χ0) is 13.1. The summed E-state index contributed by atoms with van der Waals surface area (Å²) < 4.78 is 13.1. The Bertz CT molecular complexity index is 586. The summed E-state index contributed by atoms with van der Waals surface area (Å²) in [6.45, 7) is 1.77. The molecule has 1 aromatic heterocycles. The number of rotatable bonds is 2. The molecule has 0 spiro atoms. The molecule has 2 rings (SSSR count). The summed E-state index contributed by atoms with van der Waals surface area (Å²) in [6.07, 6.45) is 2.53. The highest BCUT2D eigenvalue weighted by atomic mass is 35.5. The number of nitrogens with one attached hydrogen (secondary N) is 1. The van der Waals surface area contributed by atoms with E-state index in [2.05, 4.69) is 15.3 Å². The van der Waals surface area contributed by atoms with Gasteiger partial charge in [-0.3, -0.25) is 4.79 Å². The molecule has 0 atom stereocenters. The van der Waals surface area contributed by atoms with E-state index in [4.69, 9.17) is 11.6 Å². The van der Waals surface area contributed by atoms with E-state index < -0.39 is 11.7 Å². The Morgan fingerprint density at radius 1 is 1.33 bits per heavy atom. The molecule has 0 aliphatic rings. The van der Waals surface area contributed by atoms with Gasteiger partial charge in [-0.15, -0.1) is 0 Å². The molecule has 18 heavy (non-hydrogen) atoms. The van der Waals surface area contributed by atoms with Crippen molar-refractivity contribution in [3.8, 4) is 0 Å². The van der Waals surface area contributed by atoms with Crippen LogP contribution in [0.1, 0.15) is 16.1 Å². The number of anilines is 1. The van der Waals surface area contributed by atoms with Gasteiger partial charge in [0, 0.05) is 5.69 Å². The minimum Gasteiger partial charge on any atom is -0.320 e. The second-order valence-corrected chi connectivity index (χ2v) is 4.02. The Kier molecular flexibility index (Phi) is 3.53. The van der Waals surface area contributed by atoms with Crippen LogP contribution in [0, 0.1) is 12.7 Å². The molecule has 1 amide bonds. The maximum Gasteiger partial charge on any atom is 0.275 e. The molecule has 1 heterocycles. The highest BCUT2D eigenvalue weighted by Gasteiger charge is 2.10. The molecular weight excluding hydrogens is 257 g/mol. The van der Waals surface area contributed by atoms with E-state index in [1.165, 1.54) is 24.5 Å². The molecule has 0 saturated heterocycles. The lowest BCUT2D eigenvalue weighted by molar-refractivity contribution is 0.102. The fourth-order valence-electron chi connectivity index (χ4n) is 1.34. The SMILES string of the molecule is Cc1ccc(F)cc1NC(=O)c1cnc(Cl)cn1. The van der Waals surface area contributed by atoms with Gasteiger partial charge in [-0.1, -0.05) is 17.7 Å². The van der Waals surface area contributed by atoms with Gasteiger partial charge in [-0.2, -0.15) is 0 Å². The Morgan fingerprint density at radius 3 is 2.78 bits per heavy atom. The number of hydrogen-bond acceptors (Lipinski definition) is 3. The first kappa shape index (κ1) is 12.4. The van der Waals surface area contributed by atoms with Crippen LogP contribution >= 0.6 is 11.6 Å². The normalized spacial score (nSPS) is 10.2. The zero-order valence-electron chi connectivity index (χ0n) is 9.45. The molecule has 1 aromatic carbocycles. The molecule has 0 radical (unpaired) electrons. The van der Waals surface area contributed by atoms with Gasteiger partial charge in [0.2, 0.25) is 0 Å². The van der Waals surface area contributed by atoms with Gasteiger partial charge in [0.1, 0.15) is 16.7 Å². The third-order valence-electron chi connectivity index (χ3n) is 2.30. The number of carbonyl (C=O) groups is 1. The van der Waals surface area contributed by atoms with Crippen LogP contribution < -0.4 is 5.32 Å². The van der Waals surface area contributed by atoms with Crippen LogP contribution in [0.4, 0.5) is 10.1 Å². The topological polar surface area (TPSA) is 54.9 Å². The summed E-state index contributed by atoms with van der Waals surface area (Å²) >= 11 is 5.57. The zero-order valence-corrected chi connectivity index (χ0v) is 10.2. The summed E-state index contributed by atoms with van der Waals surface area (Å²) in [5, 5.41) is 2.76. The van der Waals surface area contributed by atoms with E-state index in [1.54, 1.807) is 13.0 Å². The first-order valence-electron chi connectivity index (χ1n) is 5.11. The molecular formula is C12H9ClFN3O. The molecule has 0 saturated carbocycles. The predicted molar refractivity (Wildman–Crippen MR) is 66.1 cm³/mol. The third-order valence-corrected chi connectivity index (χ3v) is 2.50. The molecule has 0 bridgehead atoms. The van der Waals surface area contributed by atoms with Crippen molar-refractivity contribution < 1.29 is 9.18 Å². The van der Waals surface area contributed by atoms with E-state index in [1.807, 2.05) is 0 Å². The van der Waals surface area contributed by atoms with Crippen molar-refractivity contribution in [3.63, 3.8) is 0 Å². The van der Waals surface area contributed by atoms with Crippen molar-refractivity contribution in [1.82, 2.24) is 9.97 Å². The van der Waals surface area contributed by atoms with E-state index in [0.717, 1.165) is 5.56 Å². The lowest BCUT2D eigenvalue weighted by Crippen LogP contribution is -2.14. The standard InChI is InChI=1S/C12H9ClFN3O/c1-7-2-3-8(14)4-9(7)17-12(18)10-5-16-11(13)6-15-10/h2-6H,1H3,(H,17,18). The van der Waals surface area contributed by atoms with Gasteiger partial charge in [0.05, 0.1) is 12.4 Å². The van der Waals surface area contributed by atoms with E-state index >= 15 is 0 Å². The largest absolute Gasteiger partial charge is 0.320 e. The summed E-state index contributed by atoms with van der Waals surface area (Å²) in [7, 11) is 0. The first-order chi connectivity index (χ1) is 8.56. The molecule has 1 N–H and O–H groups in total. The number of nitrogens with zero attached hydrogens (tertiary/aromatic N) is 2. The van der Waals surface area contributed by atoms with Crippen LogP contribution in [0.2, 0.25) is 5.15 Å². The predicted octanol–water partition coefficient (Wildman–Crippen LogP) is 2.83. The lowest BCUT2D eigenvalue weighted by Gasteiger charge is -2.07. The van der Waals surface area contributed by atoms with Gasteiger partial charge < -0.3 is 5.32 Å². The van der Waals surface area contributed by atoms with Crippen molar-refractivity contribution in [2.24, 2.45) is 0 Å². The fourth-order valence-corrected chi connectivity index (χ4v) is 1.44. The second-order valence-electron chi connectivity index (χ2n) is 3.64. The summed E-state index contributed by atoms with van der Waals surface area (Å²) in [4.78, 5) is 19.4. The lowest BCUT2D eigenvalue weighted by atomic mass is 10.2. The van der Waals surface area contributed by atoms with Crippen LogP contribution in [0.5, 0.6) is 0 Å². The molecule has 0 aliphatic carbocycles. The van der Waals surface area contributed by atoms with Crippen molar-refractivity contribution >= 4 is 23.2 Å². The first-order valence-corrected chi connectivity index (χ1v) is 5.49. The summed E-state index contributed by atoms with van der Waals surface area (Å²) in [6, 6.07) is 4.15. The van der Waals surface area contributed by atoms with E-state index in [0.29, 0.717) is 5.69 Å². The Hall–Kier alpha value is -2.01. The summed E-state index contributed by atoms with van der Waals surface area (Å²) in [5.41, 5.74) is 1.27. The Morgan fingerprint density at radius 2 is 2.11 bits per heavy atom. The van der Waals surface area contributed by atoms with Crippen molar-refractivity contribution in [3.05, 3.63) is 52.8 Å². The minimum absolute atomic E-state index is 0.114. The summed E-state index contributed by atoms with van der Waals surface area (Å²) in [5.74, 6) is -0.883.